The average molecular weight is 314 g/mol. The Morgan fingerprint density at radius 1 is 1.14 bits per heavy atom. The average Bonchev–Trinajstić information content (AvgIpc) is 2.52. The molecule has 0 spiro atoms. The van der Waals surface area contributed by atoms with E-state index in [0.717, 1.165) is 5.56 Å². The molecule has 0 amide bonds. The molecule has 114 valence electrons. The van der Waals surface area contributed by atoms with Gasteiger partial charge in [-0.25, -0.2) is 0 Å². The number of nitrogens with zero attached hydrogens (tertiary/aromatic N) is 2. The molecule has 1 aromatic carbocycles. The maximum Gasteiger partial charge on any atom is 0.266 e. The van der Waals surface area contributed by atoms with Crippen molar-refractivity contribution in [1.82, 2.24) is 9.13 Å². The summed E-state index contributed by atoms with van der Waals surface area (Å²) < 4.78 is 3.34. The quantitative estimate of drug-likeness (QED) is 0.694. The van der Waals surface area contributed by atoms with Crippen LogP contribution in [0.1, 0.15) is 25.0 Å². The smallest absolute Gasteiger partial charge is 0.266 e. The van der Waals surface area contributed by atoms with Crippen LogP contribution in [0.15, 0.2) is 40.9 Å². The van der Waals surface area contributed by atoms with Crippen molar-refractivity contribution in [3.8, 4) is 5.88 Å². The summed E-state index contributed by atoms with van der Waals surface area (Å²) in [6, 6.07) is 9.64. The highest BCUT2D eigenvalue weighted by Gasteiger charge is 2.12. The van der Waals surface area contributed by atoms with Crippen LogP contribution < -0.4 is 5.56 Å². The molecule has 0 unspecified atom stereocenters. The highest BCUT2D eigenvalue weighted by Crippen LogP contribution is 2.15. The summed E-state index contributed by atoms with van der Waals surface area (Å²) in [6.07, 6.45) is 3.25. The highest BCUT2D eigenvalue weighted by molar-refractivity contribution is 7.71. The van der Waals surface area contributed by atoms with Crippen LogP contribution in [0.25, 0.3) is 12.2 Å². The molecule has 0 aliphatic rings. The van der Waals surface area contributed by atoms with Crippen LogP contribution in [-0.4, -0.2) is 14.2 Å². The zero-order valence-corrected chi connectivity index (χ0v) is 13.4. The second-order valence-electron chi connectivity index (χ2n) is 4.68. The second kappa shape index (κ2) is 7.07. The van der Waals surface area contributed by atoms with Crippen LogP contribution in [0.3, 0.4) is 0 Å². The SMILES string of the molecule is CCn1c(O)c(C=C=Cc2ccccc2)c(=O)n(CC)c1=S. The third-order valence-corrected chi connectivity index (χ3v) is 3.78. The first-order valence-corrected chi connectivity index (χ1v) is 7.55. The molecule has 0 aliphatic heterocycles. The molecular formula is C17H18N2O2S. The molecule has 0 fully saturated rings. The van der Waals surface area contributed by atoms with Crippen molar-refractivity contribution in [2.75, 3.05) is 0 Å². The summed E-state index contributed by atoms with van der Waals surface area (Å²) in [5, 5.41) is 10.3. The van der Waals surface area contributed by atoms with Crippen molar-refractivity contribution in [2.45, 2.75) is 26.9 Å². The van der Waals surface area contributed by atoms with Gasteiger partial charge in [-0.15, -0.1) is 5.73 Å². The fourth-order valence-corrected chi connectivity index (χ4v) is 2.60. The first-order valence-electron chi connectivity index (χ1n) is 7.14. The van der Waals surface area contributed by atoms with E-state index in [1.165, 1.54) is 15.2 Å². The van der Waals surface area contributed by atoms with E-state index in [1.807, 2.05) is 44.2 Å². The molecule has 1 N–H and O–H groups in total. The van der Waals surface area contributed by atoms with Gasteiger partial charge in [-0.2, -0.15) is 0 Å². The van der Waals surface area contributed by atoms with Crippen molar-refractivity contribution in [3.05, 3.63) is 62.3 Å². The van der Waals surface area contributed by atoms with Gasteiger partial charge in [0.2, 0.25) is 5.88 Å². The summed E-state index contributed by atoms with van der Waals surface area (Å²) in [7, 11) is 0. The molecule has 0 bridgehead atoms. The molecule has 2 aromatic rings. The lowest BCUT2D eigenvalue weighted by molar-refractivity contribution is 0.399. The first-order chi connectivity index (χ1) is 10.6. The van der Waals surface area contributed by atoms with Crippen LogP contribution in [0.5, 0.6) is 5.88 Å². The van der Waals surface area contributed by atoms with E-state index in [4.69, 9.17) is 12.2 Å². The molecule has 4 nitrogen and oxygen atoms in total. The van der Waals surface area contributed by atoms with Crippen LogP contribution in [0.2, 0.25) is 0 Å². The number of hydrogen-bond donors (Lipinski definition) is 1. The Hall–Kier alpha value is -2.36. The summed E-state index contributed by atoms with van der Waals surface area (Å²) in [5.41, 5.74) is 3.82. The Morgan fingerprint density at radius 3 is 2.36 bits per heavy atom. The Kier molecular flexibility index (Phi) is 5.15. The van der Waals surface area contributed by atoms with Gasteiger partial charge in [-0.1, -0.05) is 30.3 Å². The minimum atomic E-state index is -0.302. The van der Waals surface area contributed by atoms with Crippen molar-refractivity contribution < 1.29 is 5.11 Å². The van der Waals surface area contributed by atoms with E-state index in [2.05, 4.69) is 5.73 Å². The van der Waals surface area contributed by atoms with Crippen molar-refractivity contribution in [3.63, 3.8) is 0 Å². The monoisotopic (exact) mass is 314 g/mol. The fourth-order valence-electron chi connectivity index (χ4n) is 2.17. The van der Waals surface area contributed by atoms with Gasteiger partial charge in [-0.05, 0) is 43.8 Å². The number of benzene rings is 1. The van der Waals surface area contributed by atoms with E-state index < -0.39 is 0 Å². The van der Waals surface area contributed by atoms with Gasteiger partial charge in [0.25, 0.3) is 5.56 Å². The third kappa shape index (κ3) is 3.11. The van der Waals surface area contributed by atoms with E-state index in [9.17, 15) is 9.90 Å². The minimum absolute atomic E-state index is 0.115. The molecule has 0 saturated carbocycles. The van der Waals surface area contributed by atoms with Crippen molar-refractivity contribution in [1.29, 1.82) is 0 Å². The van der Waals surface area contributed by atoms with Crippen molar-refractivity contribution in [2.24, 2.45) is 0 Å². The Morgan fingerprint density at radius 2 is 1.77 bits per heavy atom. The summed E-state index contributed by atoms with van der Waals surface area (Å²) in [6.45, 7) is 4.67. The lowest BCUT2D eigenvalue weighted by Crippen LogP contribution is -2.26. The van der Waals surface area contributed by atoms with E-state index in [0.29, 0.717) is 17.9 Å². The minimum Gasteiger partial charge on any atom is -0.494 e. The molecule has 22 heavy (non-hydrogen) atoms. The lowest BCUT2D eigenvalue weighted by Gasteiger charge is -2.13. The molecular weight excluding hydrogens is 296 g/mol. The molecule has 5 heteroatoms. The standard InChI is InChI=1S/C17H18N2O2S/c1-3-18-15(20)14(16(21)19(4-2)17(18)22)12-8-11-13-9-6-5-7-10-13/h5-7,9-12,20H,3-4H2,1-2H3. The fraction of sp³-hybridized carbons (Fsp3) is 0.235. The van der Waals surface area contributed by atoms with Gasteiger partial charge in [0.1, 0.15) is 5.56 Å². The van der Waals surface area contributed by atoms with Gasteiger partial charge in [0.05, 0.1) is 0 Å². The van der Waals surface area contributed by atoms with Crippen molar-refractivity contribution >= 4 is 24.4 Å². The largest absolute Gasteiger partial charge is 0.494 e. The van der Waals surface area contributed by atoms with Gasteiger partial charge in [0.15, 0.2) is 4.77 Å². The predicted molar refractivity (Wildman–Crippen MR) is 91.4 cm³/mol. The molecule has 1 heterocycles. The van der Waals surface area contributed by atoms with Gasteiger partial charge in [-0.3, -0.25) is 13.9 Å². The number of aromatic nitrogens is 2. The molecule has 0 atom stereocenters. The Balaban J connectivity index is 2.59. The van der Waals surface area contributed by atoms with E-state index >= 15 is 0 Å². The number of hydrogen-bond acceptors (Lipinski definition) is 3. The molecule has 0 aliphatic carbocycles. The topological polar surface area (TPSA) is 47.2 Å². The van der Waals surface area contributed by atoms with Crippen LogP contribution in [-0.2, 0) is 13.1 Å². The molecule has 2 rings (SSSR count). The molecule has 1 aromatic heterocycles. The van der Waals surface area contributed by atoms with Crippen LogP contribution >= 0.6 is 12.2 Å². The van der Waals surface area contributed by atoms with E-state index in [-0.39, 0.29) is 17.0 Å². The predicted octanol–water partition coefficient (Wildman–Crippen LogP) is 3.45. The summed E-state index contributed by atoms with van der Waals surface area (Å²) >= 11 is 5.24. The first kappa shape index (κ1) is 16.0. The van der Waals surface area contributed by atoms with Crippen LogP contribution in [0.4, 0.5) is 0 Å². The van der Waals surface area contributed by atoms with Crippen LogP contribution in [0, 0.1) is 4.77 Å². The summed E-state index contributed by atoms with van der Waals surface area (Å²) in [4.78, 5) is 12.4. The third-order valence-electron chi connectivity index (χ3n) is 3.34. The zero-order chi connectivity index (χ0) is 16.1. The number of aromatic hydroxyl groups is 1. The van der Waals surface area contributed by atoms with Gasteiger partial charge >= 0.3 is 0 Å². The zero-order valence-electron chi connectivity index (χ0n) is 12.6. The van der Waals surface area contributed by atoms with E-state index in [1.54, 1.807) is 6.08 Å². The lowest BCUT2D eigenvalue weighted by atomic mass is 10.2. The Bertz CT molecular complexity index is 841. The normalized spacial score (nSPS) is 10.1. The second-order valence-corrected chi connectivity index (χ2v) is 5.04. The van der Waals surface area contributed by atoms with Gasteiger partial charge < -0.3 is 5.11 Å². The number of rotatable bonds is 4. The summed E-state index contributed by atoms with van der Waals surface area (Å²) in [5.74, 6) is -0.115. The Labute approximate surface area is 134 Å². The maximum atomic E-state index is 12.4. The molecule has 0 saturated heterocycles. The maximum absolute atomic E-state index is 12.4. The molecule has 0 radical (unpaired) electrons. The van der Waals surface area contributed by atoms with Gasteiger partial charge in [0, 0.05) is 13.1 Å². The highest BCUT2D eigenvalue weighted by atomic mass is 32.1.